The van der Waals surface area contributed by atoms with Crippen molar-refractivity contribution >= 4 is 17.6 Å². The Kier molecular flexibility index (Phi) is 7.13. The smallest absolute Gasteiger partial charge is 0.342 e. The van der Waals surface area contributed by atoms with Gasteiger partial charge in [-0.1, -0.05) is 48.4 Å². The number of phenolic OH excluding ortho intramolecular Hbond substituents is 1. The molecule has 0 atom stereocenters. The van der Waals surface area contributed by atoms with Gasteiger partial charge in [0.1, 0.15) is 11.5 Å². The SMILES string of the molecule is COc1ccccc1C(=O)Nc1ccc(-c2cc(C3CCC3)n(C(=O)NCc3cccc(C)c3)n2)c(O)c1. The highest BCUT2D eigenvalue weighted by atomic mass is 16.5. The first kappa shape index (κ1) is 25.1. The van der Waals surface area contributed by atoms with Crippen molar-refractivity contribution in [3.8, 4) is 22.8 Å². The van der Waals surface area contributed by atoms with Crippen LogP contribution in [0.15, 0.2) is 72.8 Å². The van der Waals surface area contributed by atoms with Crippen LogP contribution in [0.3, 0.4) is 0 Å². The molecule has 38 heavy (non-hydrogen) atoms. The molecule has 0 spiro atoms. The van der Waals surface area contributed by atoms with E-state index < -0.39 is 0 Å². The molecule has 0 bridgehead atoms. The van der Waals surface area contributed by atoms with E-state index >= 15 is 0 Å². The maximum absolute atomic E-state index is 13.1. The van der Waals surface area contributed by atoms with Gasteiger partial charge in [-0.3, -0.25) is 4.79 Å². The first-order valence-corrected chi connectivity index (χ1v) is 12.6. The molecule has 1 aliphatic carbocycles. The Morgan fingerprint density at radius 1 is 1.05 bits per heavy atom. The van der Waals surface area contributed by atoms with E-state index in [-0.39, 0.29) is 23.6 Å². The zero-order chi connectivity index (χ0) is 26.6. The van der Waals surface area contributed by atoms with Crippen molar-refractivity contribution in [1.82, 2.24) is 15.1 Å². The summed E-state index contributed by atoms with van der Waals surface area (Å²) in [7, 11) is 1.51. The average Bonchev–Trinajstić information content (AvgIpc) is 3.30. The minimum absolute atomic E-state index is 0.0483. The molecule has 0 saturated heterocycles. The minimum Gasteiger partial charge on any atom is -0.507 e. The highest BCUT2D eigenvalue weighted by Gasteiger charge is 2.27. The lowest BCUT2D eigenvalue weighted by molar-refractivity contribution is 0.102. The molecule has 0 radical (unpaired) electrons. The molecule has 5 rings (SSSR count). The van der Waals surface area contributed by atoms with Gasteiger partial charge in [-0.15, -0.1) is 0 Å². The van der Waals surface area contributed by atoms with Gasteiger partial charge in [0.25, 0.3) is 5.91 Å². The fraction of sp³-hybridized carbons (Fsp3) is 0.233. The van der Waals surface area contributed by atoms with E-state index in [4.69, 9.17) is 4.74 Å². The van der Waals surface area contributed by atoms with Crippen LogP contribution in [0.4, 0.5) is 10.5 Å². The molecule has 0 unspecified atom stereocenters. The third kappa shape index (κ3) is 5.25. The number of methoxy groups -OCH3 is 1. The number of phenols is 1. The van der Waals surface area contributed by atoms with Crippen molar-refractivity contribution in [1.29, 1.82) is 0 Å². The van der Waals surface area contributed by atoms with Crippen molar-refractivity contribution in [2.24, 2.45) is 0 Å². The topological polar surface area (TPSA) is 105 Å². The van der Waals surface area contributed by atoms with Gasteiger partial charge in [0.2, 0.25) is 0 Å². The first-order valence-electron chi connectivity index (χ1n) is 12.6. The molecule has 8 nitrogen and oxygen atoms in total. The number of benzene rings is 3. The largest absolute Gasteiger partial charge is 0.507 e. The van der Waals surface area contributed by atoms with Gasteiger partial charge < -0.3 is 20.5 Å². The zero-order valence-corrected chi connectivity index (χ0v) is 21.4. The van der Waals surface area contributed by atoms with Crippen LogP contribution in [0.5, 0.6) is 11.5 Å². The van der Waals surface area contributed by atoms with E-state index in [0.717, 1.165) is 36.1 Å². The average molecular weight is 511 g/mol. The van der Waals surface area contributed by atoms with Gasteiger partial charge >= 0.3 is 6.03 Å². The summed E-state index contributed by atoms with van der Waals surface area (Å²) < 4.78 is 6.69. The number of aromatic nitrogens is 2. The second kappa shape index (κ2) is 10.8. The summed E-state index contributed by atoms with van der Waals surface area (Å²) in [6.45, 7) is 2.41. The van der Waals surface area contributed by atoms with E-state index in [1.54, 1.807) is 36.4 Å². The maximum atomic E-state index is 13.1. The summed E-state index contributed by atoms with van der Waals surface area (Å²) in [4.78, 5) is 25.9. The lowest BCUT2D eigenvalue weighted by Gasteiger charge is -2.25. The molecule has 8 heteroatoms. The van der Waals surface area contributed by atoms with E-state index in [9.17, 15) is 14.7 Å². The first-order chi connectivity index (χ1) is 18.4. The number of ether oxygens (including phenoxy) is 1. The third-order valence-electron chi connectivity index (χ3n) is 6.86. The van der Waals surface area contributed by atoms with Crippen molar-refractivity contribution in [2.45, 2.75) is 38.6 Å². The predicted molar refractivity (Wildman–Crippen MR) is 146 cm³/mol. The quantitative estimate of drug-likeness (QED) is 0.289. The number of hydrogen-bond acceptors (Lipinski definition) is 5. The Morgan fingerprint density at radius 3 is 2.58 bits per heavy atom. The van der Waals surface area contributed by atoms with Gasteiger partial charge in [0, 0.05) is 29.8 Å². The molecule has 2 amide bonds. The summed E-state index contributed by atoms with van der Waals surface area (Å²) in [5.41, 5.74) is 4.77. The highest BCUT2D eigenvalue weighted by molar-refractivity contribution is 6.06. The molecule has 3 N–H and O–H groups in total. The highest BCUT2D eigenvalue weighted by Crippen LogP contribution is 2.39. The predicted octanol–water partition coefficient (Wildman–Crippen LogP) is 5.85. The number of amides is 2. The Bertz CT molecular complexity index is 1490. The van der Waals surface area contributed by atoms with Crippen LogP contribution in [-0.4, -0.2) is 33.9 Å². The van der Waals surface area contributed by atoms with E-state index in [1.165, 1.54) is 17.9 Å². The zero-order valence-electron chi connectivity index (χ0n) is 21.4. The van der Waals surface area contributed by atoms with Crippen LogP contribution in [-0.2, 0) is 6.54 Å². The van der Waals surface area contributed by atoms with Crippen LogP contribution in [0.25, 0.3) is 11.3 Å². The number of nitrogens with one attached hydrogen (secondary N) is 2. The second-order valence-electron chi connectivity index (χ2n) is 9.53. The summed E-state index contributed by atoms with van der Waals surface area (Å²) in [6, 6.07) is 21.3. The summed E-state index contributed by atoms with van der Waals surface area (Å²) in [6.07, 6.45) is 3.11. The molecule has 194 valence electrons. The van der Waals surface area contributed by atoms with E-state index in [2.05, 4.69) is 15.7 Å². The standard InChI is InChI=1S/C30H30N4O4/c1-19-7-5-8-20(15-19)18-31-30(37)34-26(21-9-6-10-21)17-25(33-34)23-14-13-22(16-27(23)35)32-29(36)24-11-3-4-12-28(24)38-2/h3-5,7-8,11-17,21,35H,6,9-10,18H2,1-2H3,(H,31,37)(H,32,36). The Hall–Kier alpha value is -4.59. The molecule has 1 heterocycles. The summed E-state index contributed by atoms with van der Waals surface area (Å²) in [5, 5.41) is 21.2. The van der Waals surface area contributed by atoms with Gasteiger partial charge in [-0.25, -0.2) is 4.79 Å². The number of aromatic hydroxyl groups is 1. The molecule has 1 saturated carbocycles. The van der Waals surface area contributed by atoms with Crippen LogP contribution in [0.1, 0.15) is 52.4 Å². The number of nitrogens with zero attached hydrogens (tertiary/aromatic N) is 2. The molecular weight excluding hydrogens is 480 g/mol. The molecule has 4 aromatic rings. The Balaban J connectivity index is 1.36. The second-order valence-corrected chi connectivity index (χ2v) is 9.53. The van der Waals surface area contributed by atoms with E-state index in [1.807, 2.05) is 37.3 Å². The van der Waals surface area contributed by atoms with Crippen molar-refractivity contribution in [3.05, 3.63) is 95.2 Å². The molecule has 1 fully saturated rings. The molecule has 1 aromatic heterocycles. The maximum Gasteiger partial charge on any atom is 0.342 e. The van der Waals surface area contributed by atoms with Crippen molar-refractivity contribution in [3.63, 3.8) is 0 Å². The number of carbonyl (C=O) groups is 2. The third-order valence-corrected chi connectivity index (χ3v) is 6.86. The number of rotatable bonds is 7. The lowest BCUT2D eigenvalue weighted by atomic mass is 9.82. The van der Waals surface area contributed by atoms with Crippen LogP contribution >= 0.6 is 0 Å². The van der Waals surface area contributed by atoms with Crippen molar-refractivity contribution in [2.75, 3.05) is 12.4 Å². The number of hydrogen-bond donors (Lipinski definition) is 3. The number of aryl methyl sites for hydroxylation is 1. The van der Waals surface area contributed by atoms with Gasteiger partial charge in [-0.05, 0) is 55.7 Å². The van der Waals surface area contributed by atoms with Gasteiger partial charge in [0.15, 0.2) is 0 Å². The fourth-order valence-electron chi connectivity index (χ4n) is 4.62. The summed E-state index contributed by atoms with van der Waals surface area (Å²) >= 11 is 0. The fourth-order valence-corrected chi connectivity index (χ4v) is 4.62. The minimum atomic E-state index is -0.351. The lowest BCUT2D eigenvalue weighted by Crippen LogP contribution is -2.31. The molecule has 0 aliphatic heterocycles. The Labute approximate surface area is 221 Å². The van der Waals surface area contributed by atoms with Crippen LogP contribution in [0, 0.1) is 6.92 Å². The van der Waals surface area contributed by atoms with E-state index in [0.29, 0.717) is 34.8 Å². The molecule has 1 aliphatic rings. The number of para-hydroxylation sites is 1. The van der Waals surface area contributed by atoms with Crippen LogP contribution < -0.4 is 15.4 Å². The molecular formula is C30H30N4O4. The van der Waals surface area contributed by atoms with Gasteiger partial charge in [0.05, 0.1) is 24.1 Å². The number of carbonyl (C=O) groups excluding carboxylic acids is 2. The Morgan fingerprint density at radius 2 is 1.87 bits per heavy atom. The van der Waals surface area contributed by atoms with Crippen molar-refractivity contribution < 1.29 is 19.4 Å². The monoisotopic (exact) mass is 510 g/mol. The summed E-state index contributed by atoms with van der Waals surface area (Å²) in [5.74, 6) is 0.312. The normalized spacial score (nSPS) is 13.0. The molecule has 3 aromatic carbocycles. The number of anilines is 1. The van der Waals surface area contributed by atoms with Gasteiger partial charge in [-0.2, -0.15) is 9.78 Å². The van der Waals surface area contributed by atoms with Crippen LogP contribution in [0.2, 0.25) is 0 Å².